The summed E-state index contributed by atoms with van der Waals surface area (Å²) in [6.07, 6.45) is 3.33. The number of carbonyl (C=O) groups excluding carboxylic acids is 1. The lowest BCUT2D eigenvalue weighted by molar-refractivity contribution is 0.0895. The summed E-state index contributed by atoms with van der Waals surface area (Å²) in [7, 11) is 0. The van der Waals surface area contributed by atoms with Gasteiger partial charge in [-0.3, -0.25) is 9.69 Å². The first-order valence-electron chi connectivity index (χ1n) is 10.8. The van der Waals surface area contributed by atoms with E-state index >= 15 is 0 Å². The Balaban J connectivity index is 1.35. The van der Waals surface area contributed by atoms with Crippen LogP contribution < -0.4 is 0 Å². The maximum absolute atomic E-state index is 13.0. The van der Waals surface area contributed by atoms with Crippen molar-refractivity contribution in [3.05, 3.63) is 70.3 Å². The number of likely N-dealkylation sites (tertiary alicyclic amines) is 1. The Hall–Kier alpha value is -2.01. The van der Waals surface area contributed by atoms with Crippen molar-refractivity contribution in [3.8, 4) is 0 Å². The summed E-state index contributed by atoms with van der Waals surface area (Å²) < 4.78 is 0. The minimum Gasteiger partial charge on any atom is -0.392 e. The zero-order valence-electron chi connectivity index (χ0n) is 17.2. The Bertz CT molecular complexity index is 854. The lowest BCUT2D eigenvalue weighted by Crippen LogP contribution is -2.34. The van der Waals surface area contributed by atoms with Crippen LogP contribution in [-0.2, 0) is 19.6 Å². The molecule has 4 nitrogen and oxygen atoms in total. The molecule has 2 atom stereocenters. The fourth-order valence-electron chi connectivity index (χ4n) is 5.03. The first-order valence-corrected chi connectivity index (χ1v) is 10.8. The van der Waals surface area contributed by atoms with Crippen LogP contribution in [0.3, 0.4) is 0 Å². The number of Topliss-reactive ketones (excluding diaryl/α,β-unsaturated/α-hetero) is 1. The molecule has 0 aromatic heterocycles. The highest BCUT2D eigenvalue weighted by Crippen LogP contribution is 2.36. The van der Waals surface area contributed by atoms with E-state index in [4.69, 9.17) is 0 Å². The van der Waals surface area contributed by atoms with E-state index in [1.165, 1.54) is 5.56 Å². The average molecular weight is 394 g/mol. The molecule has 4 heteroatoms. The molecule has 1 aliphatic carbocycles. The van der Waals surface area contributed by atoms with Gasteiger partial charge < -0.3 is 10.2 Å². The molecule has 2 aromatic rings. The lowest BCUT2D eigenvalue weighted by atomic mass is 9.85. The summed E-state index contributed by atoms with van der Waals surface area (Å²) in [4.78, 5) is 15.5. The molecular formula is C25H31NO3. The second kappa shape index (κ2) is 8.78. The summed E-state index contributed by atoms with van der Waals surface area (Å²) in [6, 6.07) is 14.4. The molecule has 0 radical (unpaired) electrons. The molecule has 2 N–H and O–H groups in total. The molecule has 2 aromatic carbocycles. The number of rotatable bonds is 6. The van der Waals surface area contributed by atoms with Crippen LogP contribution in [0.15, 0.2) is 42.5 Å². The van der Waals surface area contributed by atoms with Gasteiger partial charge in [0.2, 0.25) is 0 Å². The number of piperidine rings is 1. The van der Waals surface area contributed by atoms with Crippen molar-refractivity contribution in [1.82, 2.24) is 4.90 Å². The van der Waals surface area contributed by atoms with Gasteiger partial charge in [-0.25, -0.2) is 0 Å². The van der Waals surface area contributed by atoms with E-state index in [1.54, 1.807) is 6.92 Å². The van der Waals surface area contributed by atoms with Gasteiger partial charge in [0, 0.05) is 18.0 Å². The van der Waals surface area contributed by atoms with Gasteiger partial charge in [-0.05, 0) is 79.9 Å². The van der Waals surface area contributed by atoms with Crippen molar-refractivity contribution in [2.24, 2.45) is 11.8 Å². The number of nitrogens with zero attached hydrogens (tertiary/aromatic N) is 1. The minimum absolute atomic E-state index is 0.0477. The number of fused-ring (bicyclic) bond motifs is 1. The van der Waals surface area contributed by atoms with Gasteiger partial charge >= 0.3 is 0 Å². The maximum atomic E-state index is 13.0. The first-order chi connectivity index (χ1) is 14.0. The van der Waals surface area contributed by atoms with Crippen LogP contribution in [0.1, 0.15) is 64.9 Å². The van der Waals surface area contributed by atoms with Gasteiger partial charge in [0.15, 0.2) is 5.78 Å². The zero-order valence-corrected chi connectivity index (χ0v) is 17.2. The third-order valence-corrected chi connectivity index (χ3v) is 6.66. The van der Waals surface area contributed by atoms with Crippen LogP contribution in [0, 0.1) is 11.8 Å². The summed E-state index contributed by atoms with van der Waals surface area (Å²) in [5.74, 6) is 0.864. The van der Waals surface area contributed by atoms with Crippen molar-refractivity contribution in [1.29, 1.82) is 0 Å². The number of aliphatic hydroxyl groups is 2. The van der Waals surface area contributed by atoms with Crippen molar-refractivity contribution >= 4 is 5.78 Å². The summed E-state index contributed by atoms with van der Waals surface area (Å²) in [5.41, 5.74) is 4.57. The van der Waals surface area contributed by atoms with Crippen LogP contribution in [0.4, 0.5) is 0 Å². The average Bonchev–Trinajstić information content (AvgIpc) is 3.03. The van der Waals surface area contributed by atoms with Crippen molar-refractivity contribution in [3.63, 3.8) is 0 Å². The summed E-state index contributed by atoms with van der Waals surface area (Å²) in [6.45, 7) is 4.77. The van der Waals surface area contributed by atoms with E-state index in [2.05, 4.69) is 35.2 Å². The van der Waals surface area contributed by atoms with Gasteiger partial charge in [-0.15, -0.1) is 0 Å². The van der Waals surface area contributed by atoms with Crippen LogP contribution in [0.2, 0.25) is 0 Å². The Kier molecular flexibility index (Phi) is 6.14. The molecule has 1 saturated heterocycles. The molecule has 1 heterocycles. The third kappa shape index (κ3) is 4.45. The second-order valence-corrected chi connectivity index (χ2v) is 8.75. The highest BCUT2D eigenvalue weighted by molar-refractivity contribution is 6.02. The largest absolute Gasteiger partial charge is 0.392 e. The fraction of sp³-hybridized carbons (Fsp3) is 0.480. The predicted molar refractivity (Wildman–Crippen MR) is 114 cm³/mol. The van der Waals surface area contributed by atoms with Crippen molar-refractivity contribution < 1.29 is 15.0 Å². The molecule has 1 fully saturated rings. The Morgan fingerprint density at radius 2 is 1.86 bits per heavy atom. The minimum atomic E-state index is -0.678. The van der Waals surface area contributed by atoms with Crippen LogP contribution in [0.25, 0.3) is 0 Å². The van der Waals surface area contributed by atoms with Gasteiger partial charge in [-0.2, -0.15) is 0 Å². The highest BCUT2D eigenvalue weighted by Gasteiger charge is 2.34. The molecular weight excluding hydrogens is 362 g/mol. The third-order valence-electron chi connectivity index (χ3n) is 6.66. The van der Waals surface area contributed by atoms with Crippen LogP contribution in [0.5, 0.6) is 0 Å². The first kappa shape index (κ1) is 20.3. The van der Waals surface area contributed by atoms with Crippen LogP contribution >= 0.6 is 0 Å². The molecule has 154 valence electrons. The molecule has 0 bridgehead atoms. The number of carbonyl (C=O) groups is 1. The summed E-state index contributed by atoms with van der Waals surface area (Å²) in [5, 5.41) is 19.6. The van der Waals surface area contributed by atoms with E-state index in [-0.39, 0.29) is 18.3 Å². The molecule has 0 saturated carbocycles. The molecule has 2 unspecified atom stereocenters. The Morgan fingerprint density at radius 1 is 1.14 bits per heavy atom. The quantitative estimate of drug-likeness (QED) is 0.782. The van der Waals surface area contributed by atoms with Crippen LogP contribution in [-0.4, -0.2) is 34.0 Å². The SMILES string of the molecule is CC(O)c1cc2c(cc1CO)CC(CC1CCN(Cc3ccccc3)CC1)C2=O. The fourth-order valence-corrected chi connectivity index (χ4v) is 5.03. The maximum Gasteiger partial charge on any atom is 0.166 e. The lowest BCUT2D eigenvalue weighted by Gasteiger charge is -2.33. The van der Waals surface area contributed by atoms with E-state index in [1.807, 2.05) is 12.1 Å². The van der Waals surface area contributed by atoms with E-state index in [0.717, 1.165) is 62.0 Å². The highest BCUT2D eigenvalue weighted by atomic mass is 16.3. The van der Waals surface area contributed by atoms with E-state index < -0.39 is 6.10 Å². The number of ketones is 1. The monoisotopic (exact) mass is 393 g/mol. The standard InChI is InChI=1S/C25H31NO3/c1-17(28)23-14-24-20(13-22(23)16-27)12-21(25(24)29)11-18-7-9-26(10-8-18)15-19-5-3-2-4-6-19/h2-6,13-14,17-18,21,27-28H,7-12,15-16H2,1H3. The van der Waals surface area contributed by atoms with Crippen molar-refractivity contribution in [2.75, 3.05) is 13.1 Å². The Morgan fingerprint density at radius 3 is 2.52 bits per heavy atom. The summed E-state index contributed by atoms with van der Waals surface area (Å²) >= 11 is 0. The smallest absolute Gasteiger partial charge is 0.166 e. The Labute approximate surface area is 173 Å². The normalized spacial score (nSPS) is 21.3. The van der Waals surface area contributed by atoms with Gasteiger partial charge in [0.1, 0.15) is 0 Å². The molecule has 0 spiro atoms. The van der Waals surface area contributed by atoms with E-state index in [9.17, 15) is 15.0 Å². The van der Waals surface area contributed by atoms with Gasteiger partial charge in [0.25, 0.3) is 0 Å². The second-order valence-electron chi connectivity index (χ2n) is 8.75. The molecule has 1 aliphatic heterocycles. The van der Waals surface area contributed by atoms with Gasteiger partial charge in [0.05, 0.1) is 12.7 Å². The van der Waals surface area contributed by atoms with E-state index in [0.29, 0.717) is 11.5 Å². The number of benzene rings is 2. The van der Waals surface area contributed by atoms with Crippen molar-refractivity contribution in [2.45, 2.75) is 51.9 Å². The topological polar surface area (TPSA) is 60.8 Å². The number of hydrogen-bond acceptors (Lipinski definition) is 4. The number of hydrogen-bond donors (Lipinski definition) is 2. The molecule has 29 heavy (non-hydrogen) atoms. The number of aliphatic hydroxyl groups excluding tert-OH is 2. The molecule has 0 amide bonds. The molecule has 2 aliphatic rings. The molecule has 4 rings (SSSR count). The zero-order chi connectivity index (χ0) is 20.4. The van der Waals surface area contributed by atoms with Gasteiger partial charge in [-0.1, -0.05) is 36.4 Å². The predicted octanol–water partition coefficient (Wildman–Crippen LogP) is 3.89.